The van der Waals surface area contributed by atoms with Gasteiger partial charge in [-0.1, -0.05) is 54.3 Å². The third-order valence-corrected chi connectivity index (χ3v) is 4.23. The van der Waals surface area contributed by atoms with Crippen LogP contribution in [0.2, 0.25) is 0 Å². The summed E-state index contributed by atoms with van der Waals surface area (Å²) in [6.45, 7) is 0.478. The molecule has 142 valence electrons. The first kappa shape index (κ1) is 18.2. The number of hydrogen-bond acceptors (Lipinski definition) is 5. The largest absolute Gasteiger partial charge is 0.480 e. The van der Waals surface area contributed by atoms with Gasteiger partial charge in [0.25, 0.3) is 5.91 Å². The van der Waals surface area contributed by atoms with Crippen LogP contribution in [0.25, 0.3) is 16.5 Å². The van der Waals surface area contributed by atoms with Crippen LogP contribution >= 0.6 is 0 Å². The lowest BCUT2D eigenvalue weighted by Crippen LogP contribution is -2.23. The molecule has 29 heavy (non-hydrogen) atoms. The van der Waals surface area contributed by atoms with Crippen LogP contribution in [0, 0.1) is 11.8 Å². The van der Waals surface area contributed by atoms with E-state index >= 15 is 0 Å². The molecule has 7 nitrogen and oxygen atoms in total. The van der Waals surface area contributed by atoms with E-state index in [9.17, 15) is 4.79 Å². The molecule has 0 spiro atoms. The number of rotatable bonds is 5. The third-order valence-electron chi connectivity index (χ3n) is 4.23. The van der Waals surface area contributed by atoms with E-state index in [0.717, 1.165) is 16.5 Å². The summed E-state index contributed by atoms with van der Waals surface area (Å²) in [5.41, 5.74) is 1.21. The van der Waals surface area contributed by atoms with Crippen molar-refractivity contribution in [2.24, 2.45) is 0 Å². The van der Waals surface area contributed by atoms with E-state index in [1.165, 1.54) is 11.0 Å². The van der Waals surface area contributed by atoms with Crippen molar-refractivity contribution in [3.05, 3.63) is 78.6 Å². The van der Waals surface area contributed by atoms with Gasteiger partial charge in [0.05, 0.1) is 12.2 Å². The average molecular weight is 383 g/mol. The molecule has 1 aromatic heterocycles. The van der Waals surface area contributed by atoms with Gasteiger partial charge in [-0.15, -0.1) is 5.10 Å². The van der Waals surface area contributed by atoms with Gasteiger partial charge in [-0.2, -0.15) is 0 Å². The van der Waals surface area contributed by atoms with Gasteiger partial charge in [0, 0.05) is 10.9 Å². The number of fused-ring (bicyclic) bond motifs is 1. The zero-order valence-corrected chi connectivity index (χ0v) is 15.4. The molecule has 1 heterocycles. The Bertz CT molecular complexity index is 1190. The second-order valence-corrected chi connectivity index (χ2v) is 6.11. The van der Waals surface area contributed by atoms with E-state index in [-0.39, 0.29) is 19.1 Å². The summed E-state index contributed by atoms with van der Waals surface area (Å²) >= 11 is 0. The van der Waals surface area contributed by atoms with Crippen molar-refractivity contribution in [2.75, 3.05) is 13.2 Å². The van der Waals surface area contributed by atoms with Gasteiger partial charge >= 0.3 is 0 Å². The van der Waals surface area contributed by atoms with Crippen LogP contribution in [-0.2, 0) is 0 Å². The quantitative estimate of drug-likeness (QED) is 0.536. The highest BCUT2D eigenvalue weighted by atomic mass is 16.5. The smallest absolute Gasteiger partial charge is 0.252 e. The zero-order valence-electron chi connectivity index (χ0n) is 15.4. The van der Waals surface area contributed by atoms with Gasteiger partial charge in [0.1, 0.15) is 18.7 Å². The summed E-state index contributed by atoms with van der Waals surface area (Å²) in [6.07, 6.45) is 1.47. The predicted molar refractivity (Wildman–Crippen MR) is 109 cm³/mol. The Morgan fingerprint density at radius 2 is 1.90 bits per heavy atom. The number of carbonyl (C=O) groups is 1. The molecule has 0 atom stereocenters. The number of benzene rings is 3. The molecular weight excluding hydrogens is 366 g/mol. The molecule has 0 saturated carbocycles. The lowest BCUT2D eigenvalue weighted by Gasteiger charge is -2.06. The molecule has 4 rings (SSSR count). The van der Waals surface area contributed by atoms with Crippen molar-refractivity contribution < 1.29 is 9.53 Å². The first-order valence-electron chi connectivity index (χ1n) is 8.99. The van der Waals surface area contributed by atoms with Crippen LogP contribution in [0.1, 0.15) is 10.4 Å². The van der Waals surface area contributed by atoms with Crippen LogP contribution in [0.15, 0.2) is 73.1 Å². The minimum Gasteiger partial charge on any atom is -0.480 e. The fourth-order valence-corrected chi connectivity index (χ4v) is 2.84. The summed E-state index contributed by atoms with van der Waals surface area (Å²) in [5, 5.41) is 15.9. The van der Waals surface area contributed by atoms with Gasteiger partial charge in [-0.05, 0) is 40.1 Å². The third kappa shape index (κ3) is 4.39. The number of nitrogens with one attached hydrogen (secondary N) is 1. The highest BCUT2D eigenvalue weighted by Crippen LogP contribution is 2.24. The Labute approximate surface area is 167 Å². The van der Waals surface area contributed by atoms with Crippen LogP contribution in [0.3, 0.4) is 0 Å². The predicted octanol–water partition coefficient (Wildman–Crippen LogP) is 2.63. The molecule has 1 N–H and O–H groups in total. The van der Waals surface area contributed by atoms with E-state index in [1.54, 1.807) is 18.2 Å². The molecule has 0 aliphatic heterocycles. The van der Waals surface area contributed by atoms with Crippen LogP contribution in [-0.4, -0.2) is 39.3 Å². The van der Waals surface area contributed by atoms with Gasteiger partial charge in [-0.3, -0.25) is 4.79 Å². The summed E-state index contributed by atoms with van der Waals surface area (Å²) in [5.74, 6) is 6.40. The fourth-order valence-electron chi connectivity index (χ4n) is 2.84. The number of nitrogens with zero attached hydrogens (tertiary/aromatic N) is 4. The van der Waals surface area contributed by atoms with Crippen molar-refractivity contribution in [2.45, 2.75) is 0 Å². The number of carbonyl (C=O) groups excluding carboxylic acids is 1. The normalized spacial score (nSPS) is 10.2. The van der Waals surface area contributed by atoms with Crippen LogP contribution in [0.5, 0.6) is 5.75 Å². The number of hydrogen-bond donors (Lipinski definition) is 1. The van der Waals surface area contributed by atoms with E-state index in [0.29, 0.717) is 11.3 Å². The maximum absolute atomic E-state index is 12.3. The first-order chi connectivity index (χ1) is 14.3. The van der Waals surface area contributed by atoms with Crippen LogP contribution < -0.4 is 10.1 Å². The molecule has 1 amide bonds. The highest BCUT2D eigenvalue weighted by molar-refractivity contribution is 5.94. The van der Waals surface area contributed by atoms with Crippen molar-refractivity contribution in [1.29, 1.82) is 0 Å². The summed E-state index contributed by atoms with van der Waals surface area (Å²) in [6, 6.07) is 21.0. The Balaban J connectivity index is 1.30. The van der Waals surface area contributed by atoms with Gasteiger partial charge in [0.2, 0.25) is 0 Å². The average Bonchev–Trinajstić information content (AvgIpc) is 3.31. The van der Waals surface area contributed by atoms with Gasteiger partial charge in [0.15, 0.2) is 0 Å². The minimum absolute atomic E-state index is 0.218. The Hall–Kier alpha value is -4.18. The molecular formula is C22H17N5O2. The van der Waals surface area contributed by atoms with E-state index < -0.39 is 0 Å². The number of tetrazole rings is 1. The molecule has 0 aliphatic carbocycles. The van der Waals surface area contributed by atoms with Crippen molar-refractivity contribution in [3.8, 4) is 23.3 Å². The maximum atomic E-state index is 12.3. The van der Waals surface area contributed by atoms with E-state index in [2.05, 4.69) is 32.7 Å². The highest BCUT2D eigenvalue weighted by Gasteiger charge is 2.06. The van der Waals surface area contributed by atoms with Crippen molar-refractivity contribution in [1.82, 2.24) is 25.5 Å². The monoisotopic (exact) mass is 383 g/mol. The SMILES string of the molecule is O=C(NCC#CCOc1cccc2ccccc12)c1cccc(-n2cnnn2)c1. The molecule has 0 fully saturated rings. The molecule has 3 aromatic carbocycles. The second kappa shape index (κ2) is 8.67. The summed E-state index contributed by atoms with van der Waals surface area (Å²) < 4.78 is 7.25. The summed E-state index contributed by atoms with van der Waals surface area (Å²) in [4.78, 5) is 12.3. The van der Waals surface area contributed by atoms with E-state index in [4.69, 9.17) is 4.74 Å². The Morgan fingerprint density at radius 1 is 1.03 bits per heavy atom. The summed E-state index contributed by atoms with van der Waals surface area (Å²) in [7, 11) is 0. The molecule has 0 radical (unpaired) electrons. The van der Waals surface area contributed by atoms with Crippen molar-refractivity contribution >= 4 is 16.7 Å². The Kier molecular flexibility index (Phi) is 5.44. The molecule has 0 saturated heterocycles. The molecule has 4 aromatic rings. The lowest BCUT2D eigenvalue weighted by atomic mass is 10.1. The van der Waals surface area contributed by atoms with Gasteiger partial charge in [-0.25, -0.2) is 4.68 Å². The van der Waals surface area contributed by atoms with Crippen molar-refractivity contribution in [3.63, 3.8) is 0 Å². The number of ether oxygens (including phenoxy) is 1. The first-order valence-corrected chi connectivity index (χ1v) is 8.99. The zero-order chi connectivity index (χ0) is 19.9. The van der Waals surface area contributed by atoms with Crippen LogP contribution in [0.4, 0.5) is 0 Å². The second-order valence-electron chi connectivity index (χ2n) is 6.11. The molecule has 0 bridgehead atoms. The Morgan fingerprint density at radius 3 is 2.79 bits per heavy atom. The fraction of sp³-hybridized carbons (Fsp3) is 0.0909. The van der Waals surface area contributed by atoms with Gasteiger partial charge < -0.3 is 10.1 Å². The minimum atomic E-state index is -0.218. The van der Waals surface area contributed by atoms with E-state index in [1.807, 2.05) is 48.5 Å². The lowest BCUT2D eigenvalue weighted by molar-refractivity contribution is 0.0958. The number of amides is 1. The number of aromatic nitrogens is 4. The standard InChI is InChI=1S/C22H17N5O2/c28-22(18-9-5-10-19(15-18)27-16-24-25-26-27)23-13-3-4-14-29-21-12-6-8-17-7-1-2-11-20(17)21/h1-2,5-12,15-16H,13-14H2,(H,23,28). The molecule has 7 heteroatoms. The molecule has 0 aliphatic rings. The molecule has 0 unspecified atom stereocenters. The maximum Gasteiger partial charge on any atom is 0.252 e. The topological polar surface area (TPSA) is 81.9 Å².